The Bertz CT molecular complexity index is 1380. The number of amides is 2. The van der Waals surface area contributed by atoms with E-state index in [1.54, 1.807) is 24.6 Å². The maximum absolute atomic E-state index is 14.9. The van der Waals surface area contributed by atoms with E-state index in [2.05, 4.69) is 5.32 Å². The third kappa shape index (κ3) is 6.97. The van der Waals surface area contributed by atoms with Crippen LogP contribution < -0.4 is 11.1 Å². The number of carbonyl (C=O) groups excluding carboxylic acids is 2. The van der Waals surface area contributed by atoms with Crippen LogP contribution in [0.1, 0.15) is 44.6 Å². The SMILES string of the molecule is C[C@H](O)C(=O)N(C[C@@H]1CNC[C@@H]1F)[C@@H](c1nc(-c2cc(F)ccc2F)cn1Cc1ccccc1)C(C)(C)CC(N)=O. The molecule has 2 amide bonds. The Morgan fingerprint density at radius 2 is 1.90 bits per heavy atom. The van der Waals surface area contributed by atoms with Gasteiger partial charge in [0.2, 0.25) is 5.91 Å². The molecule has 2 aromatic carbocycles. The second kappa shape index (κ2) is 12.4. The standard InChI is InChI=1S/C30H36F3N5O3/c1-18(39)29(41)38(16-20-13-35-14-24(20)33)27(30(2,3)12-26(34)40)28-36-25(22-11-21(31)9-10-23(22)32)17-37(28)15-19-7-5-4-6-8-19/h4-11,17-18,20,24,27,35,39H,12-16H2,1-3H3,(H2,34,40)/t18-,20-,24-,27-/m0/s1. The normalized spacial score (nSPS) is 18.7. The van der Waals surface area contributed by atoms with Crippen LogP contribution in [0.5, 0.6) is 0 Å². The van der Waals surface area contributed by atoms with E-state index in [0.29, 0.717) is 6.54 Å². The van der Waals surface area contributed by atoms with Crippen molar-refractivity contribution < 1.29 is 27.9 Å². The third-order valence-corrected chi connectivity index (χ3v) is 7.46. The first kappa shape index (κ1) is 30.3. The molecule has 41 heavy (non-hydrogen) atoms. The summed E-state index contributed by atoms with van der Waals surface area (Å²) in [6, 6.07) is 11.4. The summed E-state index contributed by atoms with van der Waals surface area (Å²) in [7, 11) is 0. The number of imidazole rings is 1. The number of hydrogen-bond acceptors (Lipinski definition) is 5. The smallest absolute Gasteiger partial charge is 0.251 e. The number of rotatable bonds is 11. The number of aliphatic hydroxyl groups is 1. The summed E-state index contributed by atoms with van der Waals surface area (Å²) >= 11 is 0. The Hall–Kier alpha value is -3.70. The summed E-state index contributed by atoms with van der Waals surface area (Å²) in [6.07, 6.45) is -1.29. The molecule has 1 aliphatic rings. The van der Waals surface area contributed by atoms with E-state index in [9.17, 15) is 27.9 Å². The molecule has 4 atom stereocenters. The molecule has 11 heteroatoms. The number of aliphatic hydroxyl groups excluding tert-OH is 1. The fraction of sp³-hybridized carbons (Fsp3) is 0.433. The number of carbonyl (C=O) groups is 2. The zero-order valence-corrected chi connectivity index (χ0v) is 23.4. The molecular weight excluding hydrogens is 535 g/mol. The average molecular weight is 572 g/mol. The fourth-order valence-corrected chi connectivity index (χ4v) is 5.53. The molecule has 2 heterocycles. The molecule has 1 fully saturated rings. The van der Waals surface area contributed by atoms with Crippen LogP contribution in [0.3, 0.4) is 0 Å². The van der Waals surface area contributed by atoms with Gasteiger partial charge in [0.15, 0.2) is 0 Å². The van der Waals surface area contributed by atoms with Gasteiger partial charge in [-0.2, -0.15) is 0 Å². The van der Waals surface area contributed by atoms with Crippen molar-refractivity contribution in [1.29, 1.82) is 0 Å². The average Bonchev–Trinajstić information content (AvgIpc) is 3.50. The van der Waals surface area contributed by atoms with Gasteiger partial charge in [-0.1, -0.05) is 44.2 Å². The van der Waals surface area contributed by atoms with Gasteiger partial charge in [-0.05, 0) is 30.7 Å². The lowest BCUT2D eigenvalue weighted by atomic mass is 9.78. The van der Waals surface area contributed by atoms with Crippen molar-refractivity contribution >= 4 is 11.8 Å². The molecule has 1 aliphatic heterocycles. The lowest BCUT2D eigenvalue weighted by molar-refractivity contribution is -0.147. The number of nitrogens with one attached hydrogen (secondary N) is 1. The van der Waals surface area contributed by atoms with Crippen LogP contribution in [0, 0.1) is 23.0 Å². The van der Waals surface area contributed by atoms with Gasteiger partial charge in [0, 0.05) is 55.7 Å². The number of nitrogens with two attached hydrogens (primary N) is 1. The molecule has 0 unspecified atom stereocenters. The number of aromatic nitrogens is 2. The molecule has 4 rings (SSSR count). The van der Waals surface area contributed by atoms with Gasteiger partial charge in [0.1, 0.15) is 29.7 Å². The van der Waals surface area contributed by atoms with Crippen LogP contribution in [0.4, 0.5) is 13.2 Å². The van der Waals surface area contributed by atoms with Crippen molar-refractivity contribution in [2.45, 2.75) is 52.1 Å². The van der Waals surface area contributed by atoms with Crippen molar-refractivity contribution in [3.05, 3.63) is 77.8 Å². The molecule has 1 aromatic heterocycles. The quantitative estimate of drug-likeness (QED) is 0.326. The minimum absolute atomic E-state index is 0.0768. The second-order valence-electron chi connectivity index (χ2n) is 11.4. The van der Waals surface area contributed by atoms with Crippen molar-refractivity contribution in [2.75, 3.05) is 19.6 Å². The maximum Gasteiger partial charge on any atom is 0.251 e. The lowest BCUT2D eigenvalue weighted by Crippen LogP contribution is -2.50. The van der Waals surface area contributed by atoms with Crippen LogP contribution in [0.2, 0.25) is 0 Å². The number of primary amides is 1. The number of halogens is 3. The summed E-state index contributed by atoms with van der Waals surface area (Å²) in [5.41, 5.74) is 5.46. The molecule has 0 bridgehead atoms. The van der Waals surface area contributed by atoms with E-state index >= 15 is 0 Å². The van der Waals surface area contributed by atoms with Gasteiger partial charge in [-0.3, -0.25) is 9.59 Å². The van der Waals surface area contributed by atoms with Crippen molar-refractivity contribution in [1.82, 2.24) is 19.8 Å². The first-order valence-corrected chi connectivity index (χ1v) is 13.6. The predicted octanol–water partition coefficient (Wildman–Crippen LogP) is 3.59. The van der Waals surface area contributed by atoms with E-state index in [-0.39, 0.29) is 43.1 Å². The number of hydrogen-bond donors (Lipinski definition) is 3. The molecule has 0 aliphatic carbocycles. The van der Waals surface area contributed by atoms with Crippen molar-refractivity contribution in [3.8, 4) is 11.3 Å². The van der Waals surface area contributed by atoms with Crippen molar-refractivity contribution in [3.63, 3.8) is 0 Å². The molecule has 0 saturated carbocycles. The van der Waals surface area contributed by atoms with Gasteiger partial charge < -0.3 is 25.6 Å². The largest absolute Gasteiger partial charge is 0.384 e. The maximum atomic E-state index is 14.9. The highest BCUT2D eigenvalue weighted by molar-refractivity contribution is 5.81. The highest BCUT2D eigenvalue weighted by Crippen LogP contribution is 2.43. The minimum atomic E-state index is -1.44. The fourth-order valence-electron chi connectivity index (χ4n) is 5.53. The van der Waals surface area contributed by atoms with Crippen LogP contribution in [-0.2, 0) is 16.1 Å². The number of benzene rings is 2. The van der Waals surface area contributed by atoms with E-state index in [1.165, 1.54) is 11.8 Å². The van der Waals surface area contributed by atoms with Crippen LogP contribution in [0.15, 0.2) is 54.7 Å². The van der Waals surface area contributed by atoms with E-state index in [4.69, 9.17) is 10.7 Å². The Kier molecular flexibility index (Phi) is 9.18. The van der Waals surface area contributed by atoms with E-state index in [1.807, 2.05) is 30.3 Å². The zero-order valence-electron chi connectivity index (χ0n) is 23.4. The first-order chi connectivity index (χ1) is 19.4. The van der Waals surface area contributed by atoms with Crippen molar-refractivity contribution in [2.24, 2.45) is 17.1 Å². The Labute approximate surface area is 237 Å². The summed E-state index contributed by atoms with van der Waals surface area (Å²) in [5, 5.41) is 13.4. The number of alkyl halides is 1. The first-order valence-electron chi connectivity index (χ1n) is 13.6. The summed E-state index contributed by atoms with van der Waals surface area (Å²) < 4.78 is 45.6. The Morgan fingerprint density at radius 1 is 1.20 bits per heavy atom. The van der Waals surface area contributed by atoms with Gasteiger partial charge in [-0.15, -0.1) is 0 Å². The summed E-state index contributed by atoms with van der Waals surface area (Å²) in [6.45, 7) is 5.39. The van der Waals surface area contributed by atoms with Gasteiger partial charge in [-0.25, -0.2) is 18.2 Å². The molecule has 0 radical (unpaired) electrons. The van der Waals surface area contributed by atoms with Crippen LogP contribution in [-0.4, -0.2) is 63.3 Å². The third-order valence-electron chi connectivity index (χ3n) is 7.46. The topological polar surface area (TPSA) is 113 Å². The second-order valence-corrected chi connectivity index (χ2v) is 11.4. The minimum Gasteiger partial charge on any atom is -0.384 e. The van der Waals surface area contributed by atoms with E-state index in [0.717, 1.165) is 23.8 Å². The Morgan fingerprint density at radius 3 is 2.51 bits per heavy atom. The van der Waals surface area contributed by atoms with Gasteiger partial charge in [0.25, 0.3) is 5.91 Å². The van der Waals surface area contributed by atoms with Gasteiger partial charge >= 0.3 is 0 Å². The molecule has 0 spiro atoms. The summed E-state index contributed by atoms with van der Waals surface area (Å²) in [4.78, 5) is 31.9. The highest BCUT2D eigenvalue weighted by Gasteiger charge is 2.44. The molecule has 1 saturated heterocycles. The Balaban J connectivity index is 1.94. The monoisotopic (exact) mass is 571 g/mol. The molecule has 4 N–H and O–H groups in total. The van der Waals surface area contributed by atoms with Crippen LogP contribution in [0.25, 0.3) is 11.3 Å². The molecular formula is C30H36F3N5O3. The van der Waals surface area contributed by atoms with Gasteiger partial charge in [0.05, 0.1) is 11.7 Å². The van der Waals surface area contributed by atoms with E-state index < -0.39 is 53.1 Å². The predicted molar refractivity (Wildman–Crippen MR) is 148 cm³/mol. The highest BCUT2D eigenvalue weighted by atomic mass is 19.1. The summed E-state index contributed by atoms with van der Waals surface area (Å²) in [5.74, 6) is -2.98. The lowest BCUT2D eigenvalue weighted by Gasteiger charge is -2.43. The molecule has 220 valence electrons. The molecule has 8 nitrogen and oxygen atoms in total. The van der Waals surface area contributed by atoms with Crippen LogP contribution >= 0.6 is 0 Å². The molecule has 3 aromatic rings. The zero-order chi connectivity index (χ0) is 29.9. The number of nitrogens with zero attached hydrogens (tertiary/aromatic N) is 3.